The van der Waals surface area contributed by atoms with Gasteiger partial charge in [-0.15, -0.1) is 0 Å². The first-order valence-corrected chi connectivity index (χ1v) is 6.62. The lowest BCUT2D eigenvalue weighted by Gasteiger charge is -2.10. The summed E-state index contributed by atoms with van der Waals surface area (Å²) in [5.74, 6) is 0.323. The van der Waals surface area contributed by atoms with E-state index in [9.17, 15) is 10.1 Å². The van der Waals surface area contributed by atoms with Gasteiger partial charge in [-0.1, -0.05) is 36.4 Å². The predicted octanol–water partition coefficient (Wildman–Crippen LogP) is 3.32. The monoisotopic (exact) mass is 295 g/mol. The molecule has 1 heterocycles. The van der Waals surface area contributed by atoms with E-state index in [1.807, 2.05) is 42.5 Å². The van der Waals surface area contributed by atoms with Gasteiger partial charge in [0.15, 0.2) is 0 Å². The van der Waals surface area contributed by atoms with Gasteiger partial charge in [-0.25, -0.2) is 9.97 Å². The van der Waals surface area contributed by atoms with Crippen molar-refractivity contribution in [3.8, 4) is 0 Å². The lowest BCUT2D eigenvalue weighted by molar-refractivity contribution is -0.383. The molecule has 0 unspecified atom stereocenters. The molecule has 1 aromatic heterocycles. The molecular weight excluding hydrogens is 282 g/mol. The summed E-state index contributed by atoms with van der Waals surface area (Å²) >= 11 is 0. The van der Waals surface area contributed by atoms with Crippen molar-refractivity contribution < 1.29 is 4.92 Å². The molecule has 3 aromatic rings. The van der Waals surface area contributed by atoms with Gasteiger partial charge in [-0.3, -0.25) is 10.1 Å². The number of hydrogen-bond acceptors (Lipinski definition) is 6. The first-order chi connectivity index (χ1) is 10.7. The Labute approximate surface area is 126 Å². The van der Waals surface area contributed by atoms with Crippen LogP contribution in [0.15, 0.2) is 48.8 Å². The quantitative estimate of drug-likeness (QED) is 0.566. The number of hydrogen-bond donors (Lipinski definition) is 2. The summed E-state index contributed by atoms with van der Waals surface area (Å²) in [6.07, 6.45) is 1.28. The van der Waals surface area contributed by atoms with Crippen LogP contribution in [-0.2, 0) is 0 Å². The van der Waals surface area contributed by atoms with Crippen LogP contribution in [0.25, 0.3) is 10.8 Å². The summed E-state index contributed by atoms with van der Waals surface area (Å²) in [6, 6.07) is 13.5. The molecule has 0 saturated carbocycles. The van der Waals surface area contributed by atoms with Gasteiger partial charge >= 0.3 is 5.69 Å². The molecular formula is C15H13N5O2. The van der Waals surface area contributed by atoms with Crippen LogP contribution >= 0.6 is 0 Å². The Balaban J connectivity index is 2.11. The summed E-state index contributed by atoms with van der Waals surface area (Å²) in [5.41, 5.74) is 0.569. The van der Waals surface area contributed by atoms with Crippen molar-refractivity contribution in [2.45, 2.75) is 0 Å². The number of fused-ring (bicyclic) bond motifs is 1. The number of nitro groups is 1. The highest BCUT2D eigenvalue weighted by molar-refractivity contribution is 5.95. The zero-order chi connectivity index (χ0) is 15.5. The number of anilines is 3. The highest BCUT2D eigenvalue weighted by Gasteiger charge is 2.22. The van der Waals surface area contributed by atoms with E-state index in [1.165, 1.54) is 6.33 Å². The lowest BCUT2D eigenvalue weighted by atomic mass is 10.1. The summed E-state index contributed by atoms with van der Waals surface area (Å²) in [7, 11) is 1.58. The van der Waals surface area contributed by atoms with E-state index in [2.05, 4.69) is 20.6 Å². The number of benzene rings is 2. The molecule has 0 radical (unpaired) electrons. The van der Waals surface area contributed by atoms with Crippen molar-refractivity contribution in [2.75, 3.05) is 17.7 Å². The van der Waals surface area contributed by atoms with Gasteiger partial charge in [0.05, 0.1) is 4.92 Å². The van der Waals surface area contributed by atoms with E-state index < -0.39 is 4.92 Å². The SMILES string of the molecule is CNc1ncnc(Nc2cccc3ccccc23)c1[N+](=O)[O-]. The molecule has 3 rings (SSSR count). The molecule has 0 amide bonds. The molecule has 2 aromatic carbocycles. The third-order valence-corrected chi connectivity index (χ3v) is 3.28. The predicted molar refractivity (Wildman–Crippen MR) is 85.5 cm³/mol. The fourth-order valence-electron chi connectivity index (χ4n) is 2.29. The Bertz CT molecular complexity index is 845. The first kappa shape index (κ1) is 13.7. The molecule has 0 fully saturated rings. The minimum Gasteiger partial charge on any atom is -0.367 e. The van der Waals surface area contributed by atoms with Crippen molar-refractivity contribution in [1.29, 1.82) is 0 Å². The first-order valence-electron chi connectivity index (χ1n) is 6.62. The zero-order valence-corrected chi connectivity index (χ0v) is 11.8. The maximum atomic E-state index is 11.3. The van der Waals surface area contributed by atoms with E-state index in [4.69, 9.17) is 0 Å². The largest absolute Gasteiger partial charge is 0.367 e. The van der Waals surface area contributed by atoms with Crippen LogP contribution < -0.4 is 10.6 Å². The van der Waals surface area contributed by atoms with Crippen LogP contribution in [-0.4, -0.2) is 21.9 Å². The van der Waals surface area contributed by atoms with Gasteiger partial charge in [0.1, 0.15) is 6.33 Å². The van der Waals surface area contributed by atoms with E-state index in [0.717, 1.165) is 16.5 Å². The molecule has 0 aliphatic rings. The highest BCUT2D eigenvalue weighted by Crippen LogP contribution is 2.33. The Morgan fingerprint density at radius 3 is 2.55 bits per heavy atom. The molecule has 7 nitrogen and oxygen atoms in total. The maximum absolute atomic E-state index is 11.3. The minimum absolute atomic E-state index is 0.153. The van der Waals surface area contributed by atoms with Crippen molar-refractivity contribution >= 4 is 33.8 Å². The molecule has 0 bridgehead atoms. The van der Waals surface area contributed by atoms with Gasteiger partial charge < -0.3 is 10.6 Å². The molecule has 0 aliphatic carbocycles. The molecule has 2 N–H and O–H groups in total. The maximum Gasteiger partial charge on any atom is 0.353 e. The fourth-order valence-corrected chi connectivity index (χ4v) is 2.29. The normalized spacial score (nSPS) is 10.4. The van der Waals surface area contributed by atoms with E-state index >= 15 is 0 Å². The Hall–Kier alpha value is -3.22. The third kappa shape index (κ3) is 2.39. The lowest BCUT2D eigenvalue weighted by Crippen LogP contribution is -2.05. The topological polar surface area (TPSA) is 93.0 Å². The number of rotatable bonds is 4. The molecule has 22 heavy (non-hydrogen) atoms. The van der Waals surface area contributed by atoms with Gasteiger partial charge in [-0.05, 0) is 11.5 Å². The van der Waals surface area contributed by atoms with E-state index in [0.29, 0.717) is 0 Å². The van der Waals surface area contributed by atoms with Crippen LogP contribution in [0.1, 0.15) is 0 Å². The second-order valence-electron chi connectivity index (χ2n) is 4.58. The Kier molecular flexibility index (Phi) is 3.53. The van der Waals surface area contributed by atoms with Crippen molar-refractivity contribution in [2.24, 2.45) is 0 Å². The van der Waals surface area contributed by atoms with E-state index in [-0.39, 0.29) is 17.3 Å². The van der Waals surface area contributed by atoms with Crippen molar-refractivity contribution in [3.63, 3.8) is 0 Å². The Morgan fingerprint density at radius 2 is 1.77 bits per heavy atom. The summed E-state index contributed by atoms with van der Waals surface area (Å²) in [5, 5.41) is 19.0. The standard InChI is InChI=1S/C15H13N5O2/c1-16-14-13(20(21)22)15(18-9-17-14)19-12-8-4-6-10-5-2-3-7-11(10)12/h2-9H,1H3,(H2,16,17,18,19). The Morgan fingerprint density at radius 1 is 1.05 bits per heavy atom. The zero-order valence-electron chi connectivity index (χ0n) is 11.8. The molecule has 0 aliphatic heterocycles. The summed E-state index contributed by atoms with van der Waals surface area (Å²) in [6.45, 7) is 0. The fraction of sp³-hybridized carbons (Fsp3) is 0.0667. The highest BCUT2D eigenvalue weighted by atomic mass is 16.6. The number of nitrogens with one attached hydrogen (secondary N) is 2. The van der Waals surface area contributed by atoms with Gasteiger partial charge in [-0.2, -0.15) is 0 Å². The molecule has 0 saturated heterocycles. The second kappa shape index (κ2) is 5.65. The number of nitrogens with zero attached hydrogens (tertiary/aromatic N) is 3. The second-order valence-corrected chi connectivity index (χ2v) is 4.58. The number of aromatic nitrogens is 2. The van der Waals surface area contributed by atoms with Gasteiger partial charge in [0.2, 0.25) is 11.6 Å². The van der Waals surface area contributed by atoms with Crippen molar-refractivity contribution in [3.05, 3.63) is 58.9 Å². The van der Waals surface area contributed by atoms with Crippen LogP contribution in [0.5, 0.6) is 0 Å². The van der Waals surface area contributed by atoms with E-state index in [1.54, 1.807) is 7.05 Å². The van der Waals surface area contributed by atoms with Gasteiger partial charge in [0.25, 0.3) is 0 Å². The minimum atomic E-state index is -0.501. The molecule has 110 valence electrons. The smallest absolute Gasteiger partial charge is 0.353 e. The summed E-state index contributed by atoms with van der Waals surface area (Å²) < 4.78 is 0. The molecule has 7 heteroatoms. The summed E-state index contributed by atoms with van der Waals surface area (Å²) in [4.78, 5) is 18.7. The molecule has 0 spiro atoms. The van der Waals surface area contributed by atoms with Crippen LogP contribution in [0.2, 0.25) is 0 Å². The average molecular weight is 295 g/mol. The average Bonchev–Trinajstić information content (AvgIpc) is 2.54. The van der Waals surface area contributed by atoms with Crippen LogP contribution in [0.3, 0.4) is 0 Å². The van der Waals surface area contributed by atoms with Crippen LogP contribution in [0, 0.1) is 10.1 Å². The van der Waals surface area contributed by atoms with Gasteiger partial charge in [0, 0.05) is 18.1 Å². The van der Waals surface area contributed by atoms with Crippen LogP contribution in [0.4, 0.5) is 23.0 Å². The third-order valence-electron chi connectivity index (χ3n) is 3.28. The molecule has 0 atom stereocenters. The van der Waals surface area contributed by atoms with Crippen molar-refractivity contribution in [1.82, 2.24) is 9.97 Å².